The molecular weight excluding hydrogens is 340 g/mol. The van der Waals surface area contributed by atoms with Crippen LogP contribution in [0.25, 0.3) is 11.0 Å². The summed E-state index contributed by atoms with van der Waals surface area (Å²) in [6.07, 6.45) is 2.74. The largest absolute Gasteiger partial charge is 0.423 e. The van der Waals surface area contributed by atoms with Gasteiger partial charge in [-0.15, -0.1) is 0 Å². The third-order valence-corrected chi connectivity index (χ3v) is 4.19. The van der Waals surface area contributed by atoms with Gasteiger partial charge in [-0.05, 0) is 36.6 Å². The van der Waals surface area contributed by atoms with Crippen LogP contribution < -0.4 is 10.4 Å². The molecule has 0 atom stereocenters. The van der Waals surface area contributed by atoms with Crippen LogP contribution in [0.15, 0.2) is 57.7 Å². The van der Waals surface area contributed by atoms with E-state index in [4.69, 9.17) is 20.8 Å². The number of carbonyl (C=O) groups is 1. The van der Waals surface area contributed by atoms with Gasteiger partial charge in [0.2, 0.25) is 0 Å². The summed E-state index contributed by atoms with van der Waals surface area (Å²) in [7, 11) is 0. The molecule has 0 bridgehead atoms. The van der Waals surface area contributed by atoms with Crippen LogP contribution in [0, 0.1) is 0 Å². The van der Waals surface area contributed by atoms with Crippen molar-refractivity contribution in [3.8, 4) is 5.75 Å². The Kier molecular flexibility index (Phi) is 5.19. The number of halogens is 1. The molecule has 128 valence electrons. The Morgan fingerprint density at radius 2 is 1.92 bits per heavy atom. The second kappa shape index (κ2) is 7.53. The van der Waals surface area contributed by atoms with Crippen LogP contribution in [-0.2, 0) is 6.42 Å². The molecule has 0 aliphatic rings. The monoisotopic (exact) mass is 356 g/mol. The van der Waals surface area contributed by atoms with Gasteiger partial charge >= 0.3 is 11.6 Å². The van der Waals surface area contributed by atoms with Crippen molar-refractivity contribution in [1.29, 1.82) is 0 Å². The predicted octanol–water partition coefficient (Wildman–Crippen LogP) is 5.01. The van der Waals surface area contributed by atoms with Gasteiger partial charge in [0.15, 0.2) is 5.75 Å². The highest BCUT2D eigenvalue weighted by Gasteiger charge is 2.14. The number of carbonyl (C=O) groups excluding carboxylic acids is 1. The first-order valence-corrected chi connectivity index (χ1v) is 8.50. The molecule has 0 fully saturated rings. The van der Waals surface area contributed by atoms with E-state index in [0.717, 1.165) is 30.2 Å². The number of benzene rings is 2. The quantitative estimate of drug-likeness (QED) is 0.366. The normalized spacial score (nSPS) is 10.8. The summed E-state index contributed by atoms with van der Waals surface area (Å²) in [6.45, 7) is 2.09. The maximum absolute atomic E-state index is 12.2. The molecule has 1 heterocycles. The van der Waals surface area contributed by atoms with Gasteiger partial charge in [-0.3, -0.25) is 0 Å². The summed E-state index contributed by atoms with van der Waals surface area (Å²) in [5, 5.41) is 1.06. The van der Waals surface area contributed by atoms with Crippen LogP contribution in [0.3, 0.4) is 0 Å². The van der Waals surface area contributed by atoms with Gasteiger partial charge in [0, 0.05) is 17.5 Å². The molecule has 5 heteroatoms. The van der Waals surface area contributed by atoms with E-state index < -0.39 is 11.6 Å². The van der Waals surface area contributed by atoms with Crippen LogP contribution >= 0.6 is 11.6 Å². The standard InChI is InChI=1S/C20H17ClO4/c1-2-3-7-14-10-19(22)24-17-12-18(16(21)11-15(14)17)25-20(23)13-8-5-4-6-9-13/h4-6,8-12H,2-3,7H2,1H3. The Labute approximate surface area is 150 Å². The Bertz CT molecular complexity index is 961. The molecule has 25 heavy (non-hydrogen) atoms. The number of ether oxygens (including phenoxy) is 1. The van der Waals surface area contributed by atoms with E-state index in [9.17, 15) is 9.59 Å². The second-order valence-corrected chi connectivity index (χ2v) is 6.14. The third-order valence-electron chi connectivity index (χ3n) is 3.89. The number of hydrogen-bond acceptors (Lipinski definition) is 4. The van der Waals surface area contributed by atoms with E-state index in [1.54, 1.807) is 30.3 Å². The van der Waals surface area contributed by atoms with Gasteiger partial charge in [-0.25, -0.2) is 9.59 Å². The zero-order valence-electron chi connectivity index (χ0n) is 13.8. The van der Waals surface area contributed by atoms with E-state index in [2.05, 4.69) is 6.92 Å². The summed E-state index contributed by atoms with van der Waals surface area (Å²) in [5.74, 6) is -0.356. The zero-order chi connectivity index (χ0) is 17.8. The Hall–Kier alpha value is -2.59. The number of unbranched alkanes of at least 4 members (excludes halogenated alkanes) is 1. The average molecular weight is 357 g/mol. The smallest absolute Gasteiger partial charge is 0.343 e. The van der Waals surface area contributed by atoms with Crippen molar-refractivity contribution in [2.75, 3.05) is 0 Å². The van der Waals surface area contributed by atoms with Crippen molar-refractivity contribution in [3.05, 3.63) is 75.1 Å². The Morgan fingerprint density at radius 1 is 1.16 bits per heavy atom. The molecule has 0 amide bonds. The molecule has 1 aromatic heterocycles. The van der Waals surface area contributed by atoms with E-state index in [0.29, 0.717) is 16.2 Å². The van der Waals surface area contributed by atoms with Crippen molar-refractivity contribution < 1.29 is 13.9 Å². The summed E-state index contributed by atoms with van der Waals surface area (Å²) < 4.78 is 10.6. The number of aryl methyl sites for hydroxylation is 1. The molecule has 0 spiro atoms. The van der Waals surface area contributed by atoms with Gasteiger partial charge in [-0.1, -0.05) is 43.1 Å². The van der Waals surface area contributed by atoms with Crippen molar-refractivity contribution >= 4 is 28.5 Å². The minimum atomic E-state index is -0.522. The molecule has 0 aliphatic heterocycles. The first kappa shape index (κ1) is 17.2. The van der Waals surface area contributed by atoms with Gasteiger partial charge in [0.1, 0.15) is 5.58 Å². The maximum atomic E-state index is 12.2. The number of rotatable bonds is 5. The molecule has 0 aliphatic carbocycles. The molecule has 2 aromatic carbocycles. The first-order valence-electron chi connectivity index (χ1n) is 8.12. The fourth-order valence-electron chi connectivity index (χ4n) is 2.61. The van der Waals surface area contributed by atoms with E-state index >= 15 is 0 Å². The van der Waals surface area contributed by atoms with Crippen molar-refractivity contribution in [3.63, 3.8) is 0 Å². The van der Waals surface area contributed by atoms with Gasteiger partial charge in [0.05, 0.1) is 10.6 Å². The van der Waals surface area contributed by atoms with Crippen LogP contribution in [0.2, 0.25) is 5.02 Å². The van der Waals surface area contributed by atoms with Crippen molar-refractivity contribution in [1.82, 2.24) is 0 Å². The lowest BCUT2D eigenvalue weighted by Gasteiger charge is -2.10. The molecule has 4 nitrogen and oxygen atoms in total. The fraction of sp³-hybridized carbons (Fsp3) is 0.200. The fourth-order valence-corrected chi connectivity index (χ4v) is 2.82. The summed E-state index contributed by atoms with van der Waals surface area (Å²) >= 11 is 6.28. The number of esters is 1. The molecule has 0 saturated carbocycles. The lowest BCUT2D eigenvalue weighted by molar-refractivity contribution is 0.0735. The van der Waals surface area contributed by atoms with Crippen LogP contribution in [0.5, 0.6) is 5.75 Å². The molecule has 0 radical (unpaired) electrons. The highest BCUT2D eigenvalue weighted by atomic mass is 35.5. The minimum absolute atomic E-state index is 0.166. The van der Waals surface area contributed by atoms with E-state index in [-0.39, 0.29) is 5.75 Å². The van der Waals surface area contributed by atoms with E-state index in [1.807, 2.05) is 6.07 Å². The molecule has 3 rings (SSSR count). The molecule has 0 saturated heterocycles. The zero-order valence-corrected chi connectivity index (χ0v) is 14.5. The number of fused-ring (bicyclic) bond motifs is 1. The van der Waals surface area contributed by atoms with Crippen LogP contribution in [0.4, 0.5) is 0 Å². The van der Waals surface area contributed by atoms with Crippen LogP contribution in [-0.4, -0.2) is 5.97 Å². The predicted molar refractivity (Wildman–Crippen MR) is 97.5 cm³/mol. The van der Waals surface area contributed by atoms with Gasteiger partial charge in [-0.2, -0.15) is 0 Å². The Balaban J connectivity index is 1.99. The average Bonchev–Trinajstić information content (AvgIpc) is 2.61. The Morgan fingerprint density at radius 3 is 2.64 bits per heavy atom. The second-order valence-electron chi connectivity index (χ2n) is 5.73. The highest BCUT2D eigenvalue weighted by molar-refractivity contribution is 6.33. The topological polar surface area (TPSA) is 56.5 Å². The molecular formula is C20H17ClO4. The third kappa shape index (κ3) is 3.91. The molecule has 0 unspecified atom stereocenters. The molecule has 3 aromatic rings. The van der Waals surface area contributed by atoms with E-state index in [1.165, 1.54) is 12.1 Å². The summed E-state index contributed by atoms with van der Waals surface area (Å²) in [5.41, 5.74) is 1.23. The summed E-state index contributed by atoms with van der Waals surface area (Å²) in [4.78, 5) is 24.0. The minimum Gasteiger partial charge on any atom is -0.423 e. The summed E-state index contributed by atoms with van der Waals surface area (Å²) in [6, 6.07) is 13.3. The van der Waals surface area contributed by atoms with Crippen molar-refractivity contribution in [2.45, 2.75) is 26.2 Å². The van der Waals surface area contributed by atoms with Crippen LogP contribution in [0.1, 0.15) is 35.7 Å². The molecule has 0 N–H and O–H groups in total. The van der Waals surface area contributed by atoms with Crippen molar-refractivity contribution in [2.24, 2.45) is 0 Å². The SMILES string of the molecule is CCCCc1cc(=O)oc2cc(OC(=O)c3ccccc3)c(Cl)cc12. The van der Waals surface area contributed by atoms with Gasteiger partial charge < -0.3 is 9.15 Å². The first-order chi connectivity index (χ1) is 12.1. The van der Waals surface area contributed by atoms with Gasteiger partial charge in [0.25, 0.3) is 0 Å². The highest BCUT2D eigenvalue weighted by Crippen LogP contribution is 2.32. The lowest BCUT2D eigenvalue weighted by Crippen LogP contribution is -2.09. The number of hydrogen-bond donors (Lipinski definition) is 0. The maximum Gasteiger partial charge on any atom is 0.343 e. The lowest BCUT2D eigenvalue weighted by atomic mass is 10.0.